The van der Waals surface area contributed by atoms with Crippen molar-refractivity contribution in [3.8, 4) is 0 Å². The Bertz CT molecular complexity index is 1130. The van der Waals surface area contributed by atoms with Gasteiger partial charge in [-0.15, -0.1) is 0 Å². The average Bonchev–Trinajstić information content (AvgIpc) is 2.79. The smallest absolute Gasteiger partial charge is 0.258 e. The monoisotopic (exact) mass is 419 g/mol. The van der Waals surface area contributed by atoms with Crippen molar-refractivity contribution < 1.29 is 4.79 Å². The number of aryl methyl sites for hydroxylation is 2. The van der Waals surface area contributed by atoms with Crippen molar-refractivity contribution in [3.05, 3.63) is 64.2 Å². The van der Waals surface area contributed by atoms with Gasteiger partial charge in [0.2, 0.25) is 5.91 Å². The number of aromatic amines is 1. The zero-order valence-corrected chi connectivity index (χ0v) is 18.1. The van der Waals surface area contributed by atoms with Crippen molar-refractivity contribution in [3.63, 3.8) is 0 Å². The lowest BCUT2D eigenvalue weighted by molar-refractivity contribution is -0.116. The number of carbonyl (C=O) groups excluding carboxylic acids is 1. The molecule has 0 aliphatic carbocycles. The molecule has 1 fully saturated rings. The third kappa shape index (κ3) is 4.94. The van der Waals surface area contributed by atoms with E-state index in [4.69, 9.17) is 0 Å². The van der Waals surface area contributed by atoms with E-state index in [1.165, 1.54) is 5.69 Å². The minimum atomic E-state index is -0.174. The summed E-state index contributed by atoms with van der Waals surface area (Å²) in [4.78, 5) is 36.8. The Morgan fingerprint density at radius 1 is 1.13 bits per heavy atom. The zero-order valence-electron chi connectivity index (χ0n) is 18.1. The molecule has 1 amide bonds. The lowest BCUT2D eigenvalue weighted by atomic mass is 10.1. The van der Waals surface area contributed by atoms with Crippen molar-refractivity contribution >= 4 is 28.2 Å². The molecule has 7 heteroatoms. The molecule has 0 radical (unpaired) electrons. The number of benzene rings is 2. The molecule has 2 heterocycles. The van der Waals surface area contributed by atoms with E-state index in [2.05, 4.69) is 44.1 Å². The number of para-hydroxylation sites is 1. The Hall–Kier alpha value is -3.19. The van der Waals surface area contributed by atoms with Gasteiger partial charge in [0.1, 0.15) is 5.82 Å². The van der Waals surface area contributed by atoms with E-state index in [1.54, 1.807) is 12.1 Å². The lowest BCUT2D eigenvalue weighted by Gasteiger charge is -2.35. The standard InChI is InChI=1S/C24H29N5O2/c1-3-28-12-14-29(15-13-28)18-8-9-20(17(2)16-18)26-23(30)11-10-22-25-21-7-5-4-6-19(21)24(31)27-22/h4-9,16H,3,10-15H2,1-2H3,(H,26,30)(H,25,27,31). The van der Waals surface area contributed by atoms with Gasteiger partial charge in [-0.2, -0.15) is 0 Å². The fourth-order valence-electron chi connectivity index (χ4n) is 4.01. The Labute approximate surface area is 182 Å². The van der Waals surface area contributed by atoms with Gasteiger partial charge in [0.15, 0.2) is 0 Å². The van der Waals surface area contributed by atoms with Crippen molar-refractivity contribution in [2.24, 2.45) is 0 Å². The molecule has 0 saturated carbocycles. The van der Waals surface area contributed by atoms with Crippen LogP contribution in [0.2, 0.25) is 0 Å². The van der Waals surface area contributed by atoms with Gasteiger partial charge in [-0.05, 0) is 49.4 Å². The molecule has 1 aliphatic heterocycles. The lowest BCUT2D eigenvalue weighted by Crippen LogP contribution is -2.46. The minimum Gasteiger partial charge on any atom is -0.369 e. The number of likely N-dealkylation sites (N-methyl/N-ethyl adjacent to an activating group) is 1. The number of nitrogens with zero attached hydrogens (tertiary/aromatic N) is 3. The first-order chi connectivity index (χ1) is 15.0. The molecule has 2 aromatic carbocycles. The number of nitrogens with one attached hydrogen (secondary N) is 2. The summed E-state index contributed by atoms with van der Waals surface area (Å²) in [7, 11) is 0. The first-order valence-electron chi connectivity index (χ1n) is 10.9. The highest BCUT2D eigenvalue weighted by Crippen LogP contribution is 2.24. The fraction of sp³-hybridized carbons (Fsp3) is 0.375. The largest absolute Gasteiger partial charge is 0.369 e. The molecule has 0 spiro atoms. The van der Waals surface area contributed by atoms with E-state index in [-0.39, 0.29) is 17.9 Å². The molecule has 162 valence electrons. The Balaban J connectivity index is 1.36. The number of H-pyrrole nitrogens is 1. The van der Waals surface area contributed by atoms with Crippen LogP contribution in [-0.2, 0) is 11.2 Å². The summed E-state index contributed by atoms with van der Waals surface area (Å²) >= 11 is 0. The van der Waals surface area contributed by atoms with Crippen LogP contribution in [0.4, 0.5) is 11.4 Å². The molecule has 3 aromatic rings. The van der Waals surface area contributed by atoms with Crippen molar-refractivity contribution in [1.29, 1.82) is 0 Å². The maximum absolute atomic E-state index is 12.5. The minimum absolute atomic E-state index is 0.0942. The summed E-state index contributed by atoms with van der Waals surface area (Å²) in [6.07, 6.45) is 0.631. The Kier molecular flexibility index (Phi) is 6.32. The van der Waals surface area contributed by atoms with Crippen LogP contribution in [0.3, 0.4) is 0 Å². The maximum atomic E-state index is 12.5. The second-order valence-corrected chi connectivity index (χ2v) is 8.00. The molecule has 1 saturated heterocycles. The molecule has 31 heavy (non-hydrogen) atoms. The molecule has 0 unspecified atom stereocenters. The number of rotatable bonds is 6. The van der Waals surface area contributed by atoms with Crippen molar-refractivity contribution in [2.45, 2.75) is 26.7 Å². The maximum Gasteiger partial charge on any atom is 0.258 e. The second kappa shape index (κ2) is 9.31. The molecule has 1 aliphatic rings. The van der Waals surface area contributed by atoms with E-state index in [1.807, 2.05) is 25.1 Å². The highest BCUT2D eigenvalue weighted by molar-refractivity contribution is 5.92. The number of fused-ring (bicyclic) bond motifs is 1. The fourth-order valence-corrected chi connectivity index (χ4v) is 4.01. The molecular weight excluding hydrogens is 390 g/mol. The summed E-state index contributed by atoms with van der Waals surface area (Å²) in [5.74, 6) is 0.431. The summed E-state index contributed by atoms with van der Waals surface area (Å²) in [5.41, 5.74) is 3.53. The number of hydrogen-bond donors (Lipinski definition) is 2. The number of piperazine rings is 1. The van der Waals surface area contributed by atoms with Gasteiger partial charge in [0, 0.05) is 50.4 Å². The number of anilines is 2. The Morgan fingerprint density at radius 2 is 1.90 bits per heavy atom. The predicted molar refractivity (Wildman–Crippen MR) is 125 cm³/mol. The highest BCUT2D eigenvalue weighted by atomic mass is 16.1. The summed E-state index contributed by atoms with van der Waals surface area (Å²) in [5, 5.41) is 3.55. The van der Waals surface area contributed by atoms with Gasteiger partial charge >= 0.3 is 0 Å². The van der Waals surface area contributed by atoms with Crippen LogP contribution in [0.5, 0.6) is 0 Å². The van der Waals surface area contributed by atoms with E-state index in [0.29, 0.717) is 23.1 Å². The quantitative estimate of drug-likeness (QED) is 0.642. The molecule has 0 atom stereocenters. The molecule has 2 N–H and O–H groups in total. The molecule has 0 bridgehead atoms. The predicted octanol–water partition coefficient (Wildman–Crippen LogP) is 2.94. The summed E-state index contributed by atoms with van der Waals surface area (Å²) in [6, 6.07) is 13.4. The molecule has 7 nitrogen and oxygen atoms in total. The number of hydrogen-bond acceptors (Lipinski definition) is 5. The van der Waals surface area contributed by atoms with Gasteiger partial charge in [-0.25, -0.2) is 4.98 Å². The van der Waals surface area contributed by atoms with E-state index in [0.717, 1.165) is 44.0 Å². The van der Waals surface area contributed by atoms with Crippen LogP contribution < -0.4 is 15.8 Å². The number of amides is 1. The first kappa shape index (κ1) is 21.1. The van der Waals surface area contributed by atoms with Crippen LogP contribution in [0.15, 0.2) is 47.3 Å². The van der Waals surface area contributed by atoms with Crippen molar-refractivity contribution in [1.82, 2.24) is 14.9 Å². The third-order valence-corrected chi connectivity index (χ3v) is 5.92. The van der Waals surface area contributed by atoms with Gasteiger partial charge < -0.3 is 20.1 Å². The van der Waals surface area contributed by atoms with E-state index >= 15 is 0 Å². The van der Waals surface area contributed by atoms with Gasteiger partial charge in [-0.3, -0.25) is 9.59 Å². The summed E-state index contributed by atoms with van der Waals surface area (Å²) < 4.78 is 0. The molecule has 1 aromatic heterocycles. The average molecular weight is 420 g/mol. The van der Waals surface area contributed by atoms with Gasteiger partial charge in [-0.1, -0.05) is 19.1 Å². The van der Waals surface area contributed by atoms with Crippen LogP contribution in [0.1, 0.15) is 24.7 Å². The van der Waals surface area contributed by atoms with Gasteiger partial charge in [0.25, 0.3) is 5.56 Å². The van der Waals surface area contributed by atoms with Crippen LogP contribution in [0, 0.1) is 6.92 Å². The zero-order chi connectivity index (χ0) is 21.8. The SMILES string of the molecule is CCN1CCN(c2ccc(NC(=O)CCc3nc4ccccc4c(=O)[nH]3)c(C)c2)CC1. The van der Waals surface area contributed by atoms with E-state index in [9.17, 15) is 9.59 Å². The Morgan fingerprint density at radius 3 is 2.65 bits per heavy atom. The number of carbonyl (C=O) groups is 1. The van der Waals surface area contributed by atoms with Gasteiger partial charge in [0.05, 0.1) is 10.9 Å². The first-order valence-corrected chi connectivity index (χ1v) is 10.9. The van der Waals surface area contributed by atoms with Crippen molar-refractivity contribution in [2.75, 3.05) is 42.9 Å². The molecular formula is C24H29N5O2. The second-order valence-electron chi connectivity index (χ2n) is 8.00. The highest BCUT2D eigenvalue weighted by Gasteiger charge is 2.16. The topological polar surface area (TPSA) is 81.3 Å². The number of aromatic nitrogens is 2. The third-order valence-electron chi connectivity index (χ3n) is 5.92. The van der Waals surface area contributed by atoms with E-state index < -0.39 is 0 Å². The van der Waals surface area contributed by atoms with Crippen LogP contribution in [0.25, 0.3) is 10.9 Å². The normalized spacial score (nSPS) is 14.7. The summed E-state index contributed by atoms with van der Waals surface area (Å²) in [6.45, 7) is 9.53. The molecule has 4 rings (SSSR count). The van der Waals surface area contributed by atoms with Crippen LogP contribution >= 0.6 is 0 Å². The van der Waals surface area contributed by atoms with Crippen LogP contribution in [-0.4, -0.2) is 53.5 Å².